The van der Waals surface area contributed by atoms with Gasteiger partial charge < -0.3 is 9.88 Å². The van der Waals surface area contributed by atoms with E-state index in [4.69, 9.17) is 0 Å². The molecule has 4 nitrogen and oxygen atoms in total. The van der Waals surface area contributed by atoms with Gasteiger partial charge in [-0.05, 0) is 42.3 Å². The fourth-order valence-corrected chi connectivity index (χ4v) is 3.39. The average Bonchev–Trinajstić information content (AvgIpc) is 3.08. The van der Waals surface area contributed by atoms with Crippen LogP contribution >= 0.6 is 0 Å². The number of amides is 1. The van der Waals surface area contributed by atoms with Crippen molar-refractivity contribution in [1.29, 1.82) is 0 Å². The van der Waals surface area contributed by atoms with Gasteiger partial charge in [0, 0.05) is 29.0 Å². The number of hydrogen-bond donors (Lipinski definition) is 1. The lowest BCUT2D eigenvalue weighted by atomic mass is 10.1. The summed E-state index contributed by atoms with van der Waals surface area (Å²) in [5, 5.41) is 4.22. The third kappa shape index (κ3) is 3.60. The Balaban J connectivity index is 1.64. The van der Waals surface area contributed by atoms with Crippen molar-refractivity contribution in [2.75, 3.05) is 0 Å². The predicted octanol–water partition coefficient (Wildman–Crippen LogP) is 4.58. The normalized spacial score (nSPS) is 12.0. The zero-order valence-electron chi connectivity index (χ0n) is 15.2. The maximum absolute atomic E-state index is 12.8. The highest BCUT2D eigenvalue weighted by Crippen LogP contribution is 2.28. The van der Waals surface area contributed by atoms with Crippen molar-refractivity contribution in [2.45, 2.75) is 19.5 Å². The molecule has 2 heterocycles. The van der Waals surface area contributed by atoms with E-state index in [-0.39, 0.29) is 18.5 Å². The molecule has 1 amide bonds. The summed E-state index contributed by atoms with van der Waals surface area (Å²) in [6.45, 7) is 2.26. The van der Waals surface area contributed by atoms with Crippen molar-refractivity contribution in [1.82, 2.24) is 14.9 Å². The predicted molar refractivity (Wildman–Crippen MR) is 108 cm³/mol. The number of fused-ring (bicyclic) bond motifs is 1. The second-order valence-electron chi connectivity index (χ2n) is 6.61. The lowest BCUT2D eigenvalue weighted by molar-refractivity contribution is -0.122. The Hall–Kier alpha value is -3.40. The van der Waals surface area contributed by atoms with Crippen molar-refractivity contribution in [3.05, 3.63) is 90.8 Å². The summed E-state index contributed by atoms with van der Waals surface area (Å²) in [5.41, 5.74) is 4.24. The van der Waals surface area contributed by atoms with Crippen molar-refractivity contribution >= 4 is 16.8 Å². The van der Waals surface area contributed by atoms with Crippen LogP contribution in [0.5, 0.6) is 0 Å². The monoisotopic (exact) mass is 355 g/mol. The van der Waals surface area contributed by atoms with Gasteiger partial charge in [-0.3, -0.25) is 9.78 Å². The lowest BCUT2D eigenvalue weighted by Crippen LogP contribution is -2.30. The number of nitrogens with zero attached hydrogens (tertiary/aromatic N) is 2. The number of benzene rings is 2. The molecule has 0 aliphatic carbocycles. The highest BCUT2D eigenvalue weighted by molar-refractivity contribution is 5.89. The summed E-state index contributed by atoms with van der Waals surface area (Å²) in [7, 11) is 0. The molecule has 1 atom stereocenters. The summed E-state index contributed by atoms with van der Waals surface area (Å²) in [6, 6.07) is 24.3. The van der Waals surface area contributed by atoms with E-state index in [0.29, 0.717) is 0 Å². The van der Waals surface area contributed by atoms with Crippen LogP contribution in [-0.4, -0.2) is 15.5 Å². The van der Waals surface area contributed by atoms with E-state index < -0.39 is 0 Å². The van der Waals surface area contributed by atoms with Crippen molar-refractivity contribution < 1.29 is 4.79 Å². The number of nitrogens with one attached hydrogen (secondary N) is 1. The van der Waals surface area contributed by atoms with E-state index in [1.165, 1.54) is 0 Å². The molecule has 0 saturated carbocycles. The van der Waals surface area contributed by atoms with Gasteiger partial charge in [0.25, 0.3) is 0 Å². The molecule has 4 heteroatoms. The van der Waals surface area contributed by atoms with Gasteiger partial charge in [0.05, 0.1) is 6.04 Å². The van der Waals surface area contributed by atoms with Gasteiger partial charge >= 0.3 is 0 Å². The molecular weight excluding hydrogens is 334 g/mol. The fraction of sp³-hybridized carbons (Fsp3) is 0.130. The Labute approximate surface area is 158 Å². The largest absolute Gasteiger partial charge is 0.348 e. The van der Waals surface area contributed by atoms with E-state index in [1.807, 2.05) is 49.4 Å². The Morgan fingerprint density at radius 2 is 1.70 bits per heavy atom. The first-order valence-corrected chi connectivity index (χ1v) is 9.05. The number of carbonyl (C=O) groups is 1. The molecule has 0 fully saturated rings. The zero-order valence-corrected chi connectivity index (χ0v) is 15.2. The summed E-state index contributed by atoms with van der Waals surface area (Å²) in [5.74, 6) is -0.0159. The quantitative estimate of drug-likeness (QED) is 0.569. The average molecular weight is 355 g/mol. The minimum atomic E-state index is -0.0671. The van der Waals surface area contributed by atoms with Gasteiger partial charge in [-0.25, -0.2) is 0 Å². The van der Waals surface area contributed by atoms with E-state index >= 15 is 0 Å². The molecule has 1 unspecified atom stereocenters. The van der Waals surface area contributed by atoms with Gasteiger partial charge in [0.2, 0.25) is 5.91 Å². The first-order valence-electron chi connectivity index (χ1n) is 9.05. The third-order valence-corrected chi connectivity index (χ3v) is 4.77. The second kappa shape index (κ2) is 7.46. The van der Waals surface area contributed by atoms with Crippen LogP contribution in [0.15, 0.2) is 85.2 Å². The van der Waals surface area contributed by atoms with Crippen LogP contribution in [0.25, 0.3) is 22.2 Å². The van der Waals surface area contributed by atoms with Gasteiger partial charge in [0.15, 0.2) is 0 Å². The molecule has 27 heavy (non-hydrogen) atoms. The molecular formula is C23H21N3O. The Bertz CT molecular complexity index is 1050. The van der Waals surface area contributed by atoms with Gasteiger partial charge in [-0.2, -0.15) is 0 Å². The molecule has 0 saturated heterocycles. The third-order valence-electron chi connectivity index (χ3n) is 4.77. The number of hydrogen-bond acceptors (Lipinski definition) is 2. The van der Waals surface area contributed by atoms with Crippen LogP contribution in [-0.2, 0) is 11.3 Å². The molecule has 0 spiro atoms. The maximum atomic E-state index is 12.8. The molecule has 0 aliphatic heterocycles. The van der Waals surface area contributed by atoms with Crippen molar-refractivity contribution in [3.8, 4) is 11.3 Å². The molecule has 2 aromatic carbocycles. The molecule has 0 bridgehead atoms. The Morgan fingerprint density at radius 1 is 1.00 bits per heavy atom. The number of rotatable bonds is 5. The van der Waals surface area contributed by atoms with E-state index in [0.717, 1.165) is 27.7 Å². The first kappa shape index (κ1) is 17.0. The SMILES string of the molecule is CC(NC(=O)Cn1c(-c2ccccc2)cc2ccccc21)c1ccncc1. The van der Waals surface area contributed by atoms with E-state index in [2.05, 4.69) is 45.2 Å². The smallest absolute Gasteiger partial charge is 0.240 e. The van der Waals surface area contributed by atoms with Gasteiger partial charge in [-0.15, -0.1) is 0 Å². The molecule has 2 aromatic heterocycles. The molecule has 0 radical (unpaired) electrons. The molecule has 134 valence electrons. The van der Waals surface area contributed by atoms with Crippen LogP contribution in [0.3, 0.4) is 0 Å². The lowest BCUT2D eigenvalue weighted by Gasteiger charge is -2.16. The van der Waals surface area contributed by atoms with E-state index in [1.54, 1.807) is 12.4 Å². The maximum Gasteiger partial charge on any atom is 0.240 e. The van der Waals surface area contributed by atoms with Crippen LogP contribution < -0.4 is 5.32 Å². The van der Waals surface area contributed by atoms with Gasteiger partial charge in [0.1, 0.15) is 6.54 Å². The van der Waals surface area contributed by atoms with Crippen LogP contribution in [0, 0.1) is 0 Å². The van der Waals surface area contributed by atoms with Gasteiger partial charge in [-0.1, -0.05) is 48.5 Å². The zero-order chi connectivity index (χ0) is 18.6. The summed E-state index contributed by atoms with van der Waals surface area (Å²) in [4.78, 5) is 16.8. The number of pyridine rings is 1. The fourth-order valence-electron chi connectivity index (χ4n) is 3.39. The van der Waals surface area contributed by atoms with Crippen molar-refractivity contribution in [2.24, 2.45) is 0 Å². The topological polar surface area (TPSA) is 46.9 Å². The van der Waals surface area contributed by atoms with E-state index in [9.17, 15) is 4.79 Å². The summed E-state index contributed by atoms with van der Waals surface area (Å²) < 4.78 is 2.08. The summed E-state index contributed by atoms with van der Waals surface area (Å²) >= 11 is 0. The highest BCUT2D eigenvalue weighted by atomic mass is 16.2. The second-order valence-corrected chi connectivity index (χ2v) is 6.61. The number of carbonyl (C=O) groups excluding carboxylic acids is 1. The van der Waals surface area contributed by atoms with Crippen LogP contribution in [0.2, 0.25) is 0 Å². The molecule has 4 aromatic rings. The molecule has 4 rings (SSSR count). The Morgan fingerprint density at radius 3 is 2.48 bits per heavy atom. The minimum absolute atomic E-state index is 0.0159. The molecule has 0 aliphatic rings. The summed E-state index contributed by atoms with van der Waals surface area (Å²) in [6.07, 6.45) is 3.48. The number of para-hydroxylation sites is 1. The first-order chi connectivity index (χ1) is 13.2. The van der Waals surface area contributed by atoms with Crippen LogP contribution in [0.4, 0.5) is 0 Å². The molecule has 1 N–H and O–H groups in total. The van der Waals surface area contributed by atoms with Crippen molar-refractivity contribution in [3.63, 3.8) is 0 Å². The Kier molecular flexibility index (Phi) is 4.71. The number of aromatic nitrogens is 2. The minimum Gasteiger partial charge on any atom is -0.348 e. The standard InChI is InChI=1S/C23H21N3O/c1-17(18-11-13-24-14-12-18)25-23(27)16-26-21-10-6-5-9-20(21)15-22(26)19-7-3-2-4-8-19/h2-15,17H,16H2,1H3,(H,25,27). The highest BCUT2D eigenvalue weighted by Gasteiger charge is 2.15. The van der Waals surface area contributed by atoms with Crippen LogP contribution in [0.1, 0.15) is 18.5 Å².